The molecule has 0 unspecified atom stereocenters. The highest BCUT2D eigenvalue weighted by atomic mass is 127. The van der Waals surface area contributed by atoms with Crippen molar-refractivity contribution in [1.29, 1.82) is 0 Å². The highest BCUT2D eigenvalue weighted by molar-refractivity contribution is 14.0. The summed E-state index contributed by atoms with van der Waals surface area (Å²) in [5.41, 5.74) is 7.74. The molecule has 130 valence electrons. The molecule has 6 heteroatoms. The molecular weight excluding hydrogens is 420 g/mol. The second kappa shape index (κ2) is 10.1. The maximum atomic E-state index is 12.8. The molecule has 0 heterocycles. The Balaban J connectivity index is 0.00000288. The van der Waals surface area contributed by atoms with E-state index in [9.17, 15) is 4.39 Å². The fourth-order valence-electron chi connectivity index (χ4n) is 2.03. The van der Waals surface area contributed by atoms with Crippen LogP contribution >= 0.6 is 24.0 Å². The third-order valence-electron chi connectivity index (χ3n) is 3.09. The molecule has 0 aromatic heterocycles. The number of nitrogens with zero attached hydrogens (tertiary/aromatic N) is 1. The zero-order chi connectivity index (χ0) is 16.7. The average molecular weight is 443 g/mol. The van der Waals surface area contributed by atoms with E-state index in [4.69, 9.17) is 10.5 Å². The van der Waals surface area contributed by atoms with Crippen molar-refractivity contribution in [2.45, 2.75) is 26.4 Å². The van der Waals surface area contributed by atoms with Crippen LogP contribution in [0.25, 0.3) is 0 Å². The van der Waals surface area contributed by atoms with Crippen molar-refractivity contribution >= 4 is 35.6 Å². The number of anilines is 1. The van der Waals surface area contributed by atoms with Crippen LogP contribution in [-0.4, -0.2) is 18.6 Å². The van der Waals surface area contributed by atoms with Gasteiger partial charge in [-0.3, -0.25) is 4.99 Å². The molecule has 0 radical (unpaired) electrons. The van der Waals surface area contributed by atoms with E-state index in [0.717, 1.165) is 17.0 Å². The smallest absolute Gasteiger partial charge is 0.193 e. The highest BCUT2D eigenvalue weighted by Gasteiger charge is 1.99. The predicted octanol–water partition coefficient (Wildman–Crippen LogP) is 4.20. The molecule has 0 aliphatic rings. The second-order valence-electron chi connectivity index (χ2n) is 5.46. The van der Waals surface area contributed by atoms with Crippen LogP contribution in [0, 0.1) is 5.82 Å². The monoisotopic (exact) mass is 443 g/mol. The lowest BCUT2D eigenvalue weighted by atomic mass is 10.1. The molecule has 2 aromatic rings. The van der Waals surface area contributed by atoms with Gasteiger partial charge in [-0.2, -0.15) is 0 Å². The summed E-state index contributed by atoms with van der Waals surface area (Å²) in [6.07, 6.45) is 0.857. The number of benzene rings is 2. The van der Waals surface area contributed by atoms with E-state index in [2.05, 4.69) is 10.3 Å². The average Bonchev–Trinajstić information content (AvgIpc) is 2.51. The van der Waals surface area contributed by atoms with Crippen molar-refractivity contribution in [1.82, 2.24) is 0 Å². The lowest BCUT2D eigenvalue weighted by molar-refractivity contribution is 0.242. The van der Waals surface area contributed by atoms with E-state index in [1.54, 1.807) is 12.1 Å². The van der Waals surface area contributed by atoms with E-state index in [1.165, 1.54) is 12.1 Å². The number of hydrogen-bond donors (Lipinski definition) is 2. The predicted molar refractivity (Wildman–Crippen MR) is 108 cm³/mol. The molecule has 0 spiro atoms. The Kier molecular flexibility index (Phi) is 8.53. The van der Waals surface area contributed by atoms with Gasteiger partial charge in [0.25, 0.3) is 0 Å². The first-order chi connectivity index (χ1) is 11.0. The minimum Gasteiger partial charge on any atom is -0.491 e. The summed E-state index contributed by atoms with van der Waals surface area (Å²) in [6.45, 7) is 4.51. The molecule has 4 nitrogen and oxygen atoms in total. The largest absolute Gasteiger partial charge is 0.491 e. The number of hydrogen-bond acceptors (Lipinski definition) is 2. The van der Waals surface area contributed by atoms with Crippen molar-refractivity contribution in [3.8, 4) is 5.75 Å². The first-order valence-electron chi connectivity index (χ1n) is 7.61. The van der Waals surface area contributed by atoms with Crippen molar-refractivity contribution in [2.24, 2.45) is 10.7 Å². The molecule has 0 saturated carbocycles. The van der Waals surface area contributed by atoms with E-state index in [1.807, 2.05) is 38.1 Å². The Hall–Kier alpha value is -1.83. The van der Waals surface area contributed by atoms with E-state index in [0.29, 0.717) is 18.9 Å². The van der Waals surface area contributed by atoms with Crippen LogP contribution in [0.1, 0.15) is 19.4 Å². The number of ether oxygens (including phenoxy) is 1. The van der Waals surface area contributed by atoms with E-state index >= 15 is 0 Å². The van der Waals surface area contributed by atoms with E-state index in [-0.39, 0.29) is 35.9 Å². The summed E-state index contributed by atoms with van der Waals surface area (Å²) in [6, 6.07) is 13.9. The molecule has 0 bridgehead atoms. The molecule has 0 aliphatic carbocycles. The quantitative estimate of drug-likeness (QED) is 0.400. The molecule has 2 aromatic carbocycles. The maximum Gasteiger partial charge on any atom is 0.193 e. The number of guanidine groups is 1. The van der Waals surface area contributed by atoms with Crippen molar-refractivity contribution in [3.63, 3.8) is 0 Å². The lowest BCUT2D eigenvalue weighted by Gasteiger charge is -2.11. The number of rotatable bonds is 6. The minimum atomic E-state index is -0.233. The van der Waals surface area contributed by atoms with Gasteiger partial charge in [-0.05, 0) is 62.2 Å². The molecule has 0 fully saturated rings. The minimum absolute atomic E-state index is 0. The number of aliphatic imine (C=N–C) groups is 1. The van der Waals surface area contributed by atoms with E-state index < -0.39 is 0 Å². The fourth-order valence-corrected chi connectivity index (χ4v) is 2.03. The van der Waals surface area contributed by atoms with Gasteiger partial charge in [-0.25, -0.2) is 4.39 Å². The summed E-state index contributed by atoms with van der Waals surface area (Å²) in [7, 11) is 0. The van der Waals surface area contributed by atoms with Crippen molar-refractivity contribution in [3.05, 3.63) is 59.9 Å². The van der Waals surface area contributed by atoms with Crippen LogP contribution in [0.3, 0.4) is 0 Å². The Morgan fingerprint density at radius 1 is 1.12 bits per heavy atom. The highest BCUT2D eigenvalue weighted by Crippen LogP contribution is 2.16. The first kappa shape index (κ1) is 20.2. The maximum absolute atomic E-state index is 12.8. The van der Waals surface area contributed by atoms with Crippen LogP contribution in [0.15, 0.2) is 53.5 Å². The molecular formula is C18H23FIN3O. The van der Waals surface area contributed by atoms with Crippen LogP contribution < -0.4 is 15.8 Å². The standard InChI is InChI=1S/C18H22FN3O.HI/c1-13(2)23-17-9-7-16(8-10-17)22-18(20)21-12-11-14-3-5-15(19)6-4-14;/h3-10,13H,11-12H2,1-2H3,(H3,20,21,22);1H. The Morgan fingerprint density at radius 3 is 2.33 bits per heavy atom. The molecule has 2 rings (SSSR count). The van der Waals surface area contributed by atoms with Crippen LogP contribution in [-0.2, 0) is 6.42 Å². The second-order valence-corrected chi connectivity index (χ2v) is 5.46. The first-order valence-corrected chi connectivity index (χ1v) is 7.61. The van der Waals surface area contributed by atoms with Crippen molar-refractivity contribution < 1.29 is 9.13 Å². The molecule has 24 heavy (non-hydrogen) atoms. The van der Waals surface area contributed by atoms with Gasteiger partial charge in [0.05, 0.1) is 6.10 Å². The van der Waals surface area contributed by atoms with Crippen LogP contribution in [0.5, 0.6) is 5.75 Å². The van der Waals surface area contributed by atoms with Gasteiger partial charge in [0.2, 0.25) is 0 Å². The molecule has 0 atom stereocenters. The summed E-state index contributed by atoms with van der Waals surface area (Å²) in [5.74, 6) is 0.935. The zero-order valence-electron chi connectivity index (χ0n) is 13.8. The summed E-state index contributed by atoms with van der Waals surface area (Å²) < 4.78 is 18.4. The Bertz CT molecular complexity index is 642. The van der Waals surface area contributed by atoms with Gasteiger partial charge in [0.15, 0.2) is 5.96 Å². The fraction of sp³-hybridized carbons (Fsp3) is 0.278. The number of nitrogens with one attached hydrogen (secondary N) is 1. The molecule has 0 aliphatic heterocycles. The Labute approximate surface area is 159 Å². The number of halogens is 2. The molecule has 0 saturated heterocycles. The SMILES string of the molecule is CC(C)Oc1ccc(NC(N)=NCCc2ccc(F)cc2)cc1.I. The van der Waals surface area contributed by atoms with Gasteiger partial charge in [-0.15, -0.1) is 24.0 Å². The third kappa shape index (κ3) is 7.16. The van der Waals surface area contributed by atoms with Gasteiger partial charge >= 0.3 is 0 Å². The van der Waals surface area contributed by atoms with Gasteiger partial charge < -0.3 is 15.8 Å². The summed E-state index contributed by atoms with van der Waals surface area (Å²) in [5, 5.41) is 3.03. The molecule has 0 amide bonds. The van der Waals surface area contributed by atoms with Crippen molar-refractivity contribution in [2.75, 3.05) is 11.9 Å². The third-order valence-corrected chi connectivity index (χ3v) is 3.09. The van der Waals surface area contributed by atoms with Gasteiger partial charge in [-0.1, -0.05) is 12.1 Å². The number of nitrogens with two attached hydrogens (primary N) is 1. The molecule has 3 N–H and O–H groups in total. The van der Waals surface area contributed by atoms with Crippen LogP contribution in [0.4, 0.5) is 10.1 Å². The van der Waals surface area contributed by atoms with Crippen LogP contribution in [0.2, 0.25) is 0 Å². The zero-order valence-corrected chi connectivity index (χ0v) is 16.2. The summed E-state index contributed by atoms with van der Waals surface area (Å²) in [4.78, 5) is 4.27. The van der Waals surface area contributed by atoms with Gasteiger partial charge in [0, 0.05) is 12.2 Å². The lowest BCUT2D eigenvalue weighted by Crippen LogP contribution is -2.23. The topological polar surface area (TPSA) is 59.6 Å². The Morgan fingerprint density at radius 2 is 1.75 bits per heavy atom. The van der Waals surface area contributed by atoms with Gasteiger partial charge in [0.1, 0.15) is 11.6 Å². The summed E-state index contributed by atoms with van der Waals surface area (Å²) >= 11 is 0. The normalized spacial score (nSPS) is 11.1.